The van der Waals surface area contributed by atoms with Crippen LogP contribution in [0.2, 0.25) is 0 Å². The first-order valence-corrected chi connectivity index (χ1v) is 11.4. The number of nitrogens with one attached hydrogen (secondary N) is 1. The van der Waals surface area contributed by atoms with E-state index >= 15 is 0 Å². The molecule has 0 spiro atoms. The van der Waals surface area contributed by atoms with Crippen LogP contribution >= 0.6 is 11.3 Å². The SMILES string of the molecule is CCOC(=O)c1c(NC(=O)C(CC)CC)sc2c1CCC(C#N)(c1ccccc1)C2. The number of hydrogen-bond donors (Lipinski definition) is 1. The lowest BCUT2D eigenvalue weighted by atomic mass is 9.70. The Morgan fingerprint density at radius 2 is 1.93 bits per heavy atom. The average Bonchev–Trinajstić information content (AvgIpc) is 3.11. The van der Waals surface area contributed by atoms with Gasteiger partial charge in [-0.3, -0.25) is 4.79 Å². The van der Waals surface area contributed by atoms with E-state index in [0.29, 0.717) is 29.8 Å². The van der Waals surface area contributed by atoms with Gasteiger partial charge in [-0.1, -0.05) is 44.2 Å². The number of esters is 1. The van der Waals surface area contributed by atoms with Crippen LogP contribution in [0, 0.1) is 17.2 Å². The molecule has 1 N–H and O–H groups in total. The van der Waals surface area contributed by atoms with Crippen LogP contribution in [-0.4, -0.2) is 18.5 Å². The van der Waals surface area contributed by atoms with E-state index < -0.39 is 11.4 Å². The van der Waals surface area contributed by atoms with Crippen molar-refractivity contribution in [2.75, 3.05) is 11.9 Å². The van der Waals surface area contributed by atoms with Gasteiger partial charge in [-0.25, -0.2) is 4.79 Å². The van der Waals surface area contributed by atoms with Gasteiger partial charge < -0.3 is 10.1 Å². The van der Waals surface area contributed by atoms with Gasteiger partial charge in [0.05, 0.1) is 23.7 Å². The van der Waals surface area contributed by atoms with Gasteiger partial charge in [0.15, 0.2) is 0 Å². The maximum Gasteiger partial charge on any atom is 0.341 e. The van der Waals surface area contributed by atoms with E-state index in [1.54, 1.807) is 6.92 Å². The van der Waals surface area contributed by atoms with Crippen molar-refractivity contribution >= 4 is 28.2 Å². The first kappa shape index (κ1) is 22.0. The van der Waals surface area contributed by atoms with Gasteiger partial charge >= 0.3 is 5.97 Å². The fraction of sp³-hybridized carbons (Fsp3) is 0.458. The Morgan fingerprint density at radius 1 is 1.23 bits per heavy atom. The maximum absolute atomic E-state index is 12.8. The van der Waals surface area contributed by atoms with Gasteiger partial charge in [-0.2, -0.15) is 5.26 Å². The number of rotatable bonds is 7. The fourth-order valence-electron chi connectivity index (χ4n) is 4.16. The Bertz CT molecular complexity index is 957. The predicted molar refractivity (Wildman–Crippen MR) is 119 cm³/mol. The first-order chi connectivity index (χ1) is 14.5. The second-order valence-corrected chi connectivity index (χ2v) is 8.77. The molecule has 0 fully saturated rings. The summed E-state index contributed by atoms with van der Waals surface area (Å²) in [6.07, 6.45) is 3.25. The summed E-state index contributed by atoms with van der Waals surface area (Å²) in [5.74, 6) is -0.570. The molecule has 0 saturated carbocycles. The maximum atomic E-state index is 12.8. The van der Waals surface area contributed by atoms with Gasteiger partial charge in [-0.05, 0) is 43.7 Å². The van der Waals surface area contributed by atoms with E-state index in [1.165, 1.54) is 11.3 Å². The zero-order valence-electron chi connectivity index (χ0n) is 17.8. The molecule has 3 rings (SSSR count). The largest absolute Gasteiger partial charge is 0.462 e. The summed E-state index contributed by atoms with van der Waals surface area (Å²) in [4.78, 5) is 26.5. The van der Waals surface area contributed by atoms with Gasteiger partial charge in [0.25, 0.3) is 0 Å². The Kier molecular flexibility index (Phi) is 6.94. The molecule has 1 amide bonds. The van der Waals surface area contributed by atoms with Crippen LogP contribution in [0.5, 0.6) is 0 Å². The van der Waals surface area contributed by atoms with Gasteiger partial charge in [0.2, 0.25) is 5.91 Å². The number of fused-ring (bicyclic) bond motifs is 1. The van der Waals surface area contributed by atoms with Crippen molar-refractivity contribution in [1.29, 1.82) is 5.26 Å². The summed E-state index contributed by atoms with van der Waals surface area (Å²) >= 11 is 1.41. The highest BCUT2D eigenvalue weighted by atomic mass is 32.1. The van der Waals surface area contributed by atoms with E-state index in [1.807, 2.05) is 44.2 Å². The normalized spacial score (nSPS) is 17.8. The molecule has 1 aromatic heterocycles. The first-order valence-electron chi connectivity index (χ1n) is 10.6. The Morgan fingerprint density at radius 3 is 2.53 bits per heavy atom. The summed E-state index contributed by atoms with van der Waals surface area (Å²) < 4.78 is 5.30. The van der Waals surface area contributed by atoms with E-state index in [9.17, 15) is 14.9 Å². The zero-order chi connectivity index (χ0) is 21.7. The van der Waals surface area contributed by atoms with Crippen LogP contribution < -0.4 is 5.32 Å². The molecule has 5 nitrogen and oxygen atoms in total. The number of anilines is 1. The van der Waals surface area contributed by atoms with E-state index in [4.69, 9.17) is 4.74 Å². The van der Waals surface area contributed by atoms with Crippen molar-refractivity contribution in [2.24, 2.45) is 5.92 Å². The fourth-order valence-corrected chi connectivity index (χ4v) is 5.52. The number of carbonyl (C=O) groups is 2. The molecule has 2 aromatic rings. The quantitative estimate of drug-likeness (QED) is 0.616. The number of hydrogen-bond acceptors (Lipinski definition) is 5. The molecule has 0 radical (unpaired) electrons. The molecule has 0 aliphatic heterocycles. The van der Waals surface area contributed by atoms with E-state index in [2.05, 4.69) is 11.4 Å². The number of nitriles is 1. The molecule has 1 atom stereocenters. The molecule has 6 heteroatoms. The second-order valence-electron chi connectivity index (χ2n) is 7.67. The third-order valence-electron chi connectivity index (χ3n) is 5.97. The number of carbonyl (C=O) groups excluding carboxylic acids is 2. The van der Waals surface area contributed by atoms with Gasteiger partial charge in [-0.15, -0.1) is 11.3 Å². The molecule has 1 aromatic carbocycles. The van der Waals surface area contributed by atoms with Crippen molar-refractivity contribution in [1.82, 2.24) is 0 Å². The molecule has 158 valence electrons. The minimum Gasteiger partial charge on any atom is -0.462 e. The Labute approximate surface area is 182 Å². The van der Waals surface area contributed by atoms with Crippen LogP contribution in [0.1, 0.15) is 66.4 Å². The smallest absolute Gasteiger partial charge is 0.341 e. The van der Waals surface area contributed by atoms with Crippen LogP contribution in [0.15, 0.2) is 30.3 Å². The summed E-state index contributed by atoms with van der Waals surface area (Å²) in [6, 6.07) is 12.4. The molecular weight excluding hydrogens is 396 g/mol. The minimum absolute atomic E-state index is 0.0706. The van der Waals surface area contributed by atoms with Gasteiger partial charge in [0.1, 0.15) is 5.00 Å². The number of amides is 1. The molecule has 0 saturated heterocycles. The standard InChI is InChI=1S/C24H28N2O3S/c1-4-16(5-2)21(27)26-22-20(23(28)29-6-3)18-12-13-24(15-25,14-19(18)30-22)17-10-8-7-9-11-17/h7-11,16H,4-6,12-14H2,1-3H3,(H,26,27). The summed E-state index contributed by atoms with van der Waals surface area (Å²) in [7, 11) is 0. The number of ether oxygens (including phenoxy) is 1. The number of nitrogens with zero attached hydrogens (tertiary/aromatic N) is 1. The lowest BCUT2D eigenvalue weighted by molar-refractivity contribution is -0.120. The van der Waals surface area contributed by atoms with Crippen LogP contribution in [0.25, 0.3) is 0 Å². The summed E-state index contributed by atoms with van der Waals surface area (Å²) in [6.45, 7) is 6.02. The minimum atomic E-state index is -0.623. The van der Waals surface area contributed by atoms with Crippen molar-refractivity contribution in [2.45, 2.75) is 58.3 Å². The molecular formula is C24H28N2O3S. The predicted octanol–water partition coefficient (Wildman–Crippen LogP) is 5.25. The van der Waals surface area contributed by atoms with Gasteiger partial charge in [0, 0.05) is 17.2 Å². The molecule has 1 heterocycles. The number of benzene rings is 1. The van der Waals surface area contributed by atoms with Crippen LogP contribution in [0.4, 0.5) is 5.00 Å². The zero-order valence-corrected chi connectivity index (χ0v) is 18.6. The Hall–Kier alpha value is -2.65. The second kappa shape index (κ2) is 9.44. The lowest BCUT2D eigenvalue weighted by Gasteiger charge is -2.31. The third kappa shape index (κ3) is 4.13. The van der Waals surface area contributed by atoms with Crippen molar-refractivity contribution < 1.29 is 14.3 Å². The Balaban J connectivity index is 2.01. The molecule has 1 unspecified atom stereocenters. The van der Waals surface area contributed by atoms with Crippen molar-refractivity contribution in [3.05, 3.63) is 51.9 Å². The lowest BCUT2D eigenvalue weighted by Crippen LogP contribution is -2.31. The highest BCUT2D eigenvalue weighted by molar-refractivity contribution is 7.17. The van der Waals surface area contributed by atoms with Crippen molar-refractivity contribution in [3.63, 3.8) is 0 Å². The van der Waals surface area contributed by atoms with E-state index in [0.717, 1.165) is 28.8 Å². The third-order valence-corrected chi connectivity index (χ3v) is 7.12. The molecule has 1 aliphatic rings. The summed E-state index contributed by atoms with van der Waals surface area (Å²) in [5.41, 5.74) is 1.75. The highest BCUT2D eigenvalue weighted by Gasteiger charge is 2.40. The van der Waals surface area contributed by atoms with E-state index in [-0.39, 0.29) is 18.4 Å². The monoisotopic (exact) mass is 424 g/mol. The highest BCUT2D eigenvalue weighted by Crippen LogP contribution is 2.45. The average molecular weight is 425 g/mol. The molecule has 0 bridgehead atoms. The number of thiophene rings is 1. The topological polar surface area (TPSA) is 79.2 Å². The molecule has 1 aliphatic carbocycles. The van der Waals surface area contributed by atoms with Crippen molar-refractivity contribution in [3.8, 4) is 6.07 Å². The molecule has 30 heavy (non-hydrogen) atoms. The summed E-state index contributed by atoms with van der Waals surface area (Å²) in [5, 5.41) is 13.6. The van der Waals surface area contributed by atoms with Crippen LogP contribution in [-0.2, 0) is 27.8 Å². The van der Waals surface area contributed by atoms with Crippen LogP contribution in [0.3, 0.4) is 0 Å².